The van der Waals surface area contributed by atoms with E-state index in [4.69, 9.17) is 5.73 Å². The first kappa shape index (κ1) is 11.4. The van der Waals surface area contributed by atoms with E-state index in [0.29, 0.717) is 11.6 Å². The van der Waals surface area contributed by atoms with Gasteiger partial charge in [0.2, 0.25) is 0 Å². The largest absolute Gasteiger partial charge is 0.381 e. The molecule has 0 aliphatic rings. The fraction of sp³-hybridized carbons (Fsp3) is 0.231. The van der Waals surface area contributed by atoms with Gasteiger partial charge in [0.1, 0.15) is 0 Å². The maximum absolute atomic E-state index is 5.68. The number of benzene rings is 1. The summed E-state index contributed by atoms with van der Waals surface area (Å²) < 4.78 is 0. The standard InChI is InChI=1S/C13H16N4/c14-12-13(17-10-9-15-12)16-8-4-7-11-5-2-1-3-6-11/h1-3,5-6,9-10H,4,7-8H2,(H2,14,15)(H,16,17). The van der Waals surface area contributed by atoms with E-state index in [1.165, 1.54) is 5.56 Å². The molecule has 0 saturated heterocycles. The zero-order valence-electron chi connectivity index (χ0n) is 9.63. The molecule has 0 fully saturated rings. The molecule has 1 aromatic carbocycles. The van der Waals surface area contributed by atoms with Crippen molar-refractivity contribution in [2.24, 2.45) is 0 Å². The number of nitrogens with one attached hydrogen (secondary N) is 1. The highest BCUT2D eigenvalue weighted by Crippen LogP contribution is 2.09. The van der Waals surface area contributed by atoms with E-state index in [0.717, 1.165) is 19.4 Å². The predicted molar refractivity (Wildman–Crippen MR) is 69.7 cm³/mol. The van der Waals surface area contributed by atoms with Crippen molar-refractivity contribution in [2.45, 2.75) is 12.8 Å². The average Bonchev–Trinajstić information content (AvgIpc) is 2.38. The smallest absolute Gasteiger partial charge is 0.168 e. The van der Waals surface area contributed by atoms with Crippen molar-refractivity contribution in [1.82, 2.24) is 9.97 Å². The highest BCUT2D eigenvalue weighted by molar-refractivity contribution is 5.54. The van der Waals surface area contributed by atoms with Crippen LogP contribution in [0.15, 0.2) is 42.7 Å². The molecule has 0 aliphatic heterocycles. The Kier molecular flexibility index (Phi) is 3.91. The molecule has 17 heavy (non-hydrogen) atoms. The van der Waals surface area contributed by atoms with Crippen molar-refractivity contribution >= 4 is 11.6 Å². The van der Waals surface area contributed by atoms with Crippen molar-refractivity contribution in [1.29, 1.82) is 0 Å². The maximum Gasteiger partial charge on any atom is 0.168 e. The van der Waals surface area contributed by atoms with Crippen LogP contribution in [0.2, 0.25) is 0 Å². The van der Waals surface area contributed by atoms with E-state index in [1.54, 1.807) is 12.4 Å². The fourth-order valence-corrected chi connectivity index (χ4v) is 1.63. The molecule has 0 spiro atoms. The minimum absolute atomic E-state index is 0.451. The van der Waals surface area contributed by atoms with Crippen molar-refractivity contribution in [2.75, 3.05) is 17.6 Å². The molecular weight excluding hydrogens is 212 g/mol. The third kappa shape index (κ3) is 3.45. The molecule has 0 aliphatic carbocycles. The van der Waals surface area contributed by atoms with Gasteiger partial charge in [0.15, 0.2) is 11.6 Å². The van der Waals surface area contributed by atoms with Crippen molar-refractivity contribution in [3.05, 3.63) is 48.3 Å². The van der Waals surface area contributed by atoms with Gasteiger partial charge in [-0.3, -0.25) is 0 Å². The van der Waals surface area contributed by atoms with E-state index in [-0.39, 0.29) is 0 Å². The summed E-state index contributed by atoms with van der Waals surface area (Å²) in [6.45, 7) is 0.845. The first-order chi connectivity index (χ1) is 8.36. The van der Waals surface area contributed by atoms with Crippen LogP contribution in [0.25, 0.3) is 0 Å². The normalized spacial score (nSPS) is 10.1. The van der Waals surface area contributed by atoms with Gasteiger partial charge in [-0.05, 0) is 18.4 Å². The molecule has 0 amide bonds. The zero-order valence-corrected chi connectivity index (χ0v) is 9.63. The van der Waals surface area contributed by atoms with Gasteiger partial charge in [-0.1, -0.05) is 30.3 Å². The lowest BCUT2D eigenvalue weighted by Crippen LogP contribution is -2.07. The van der Waals surface area contributed by atoms with Gasteiger partial charge in [0.05, 0.1) is 0 Å². The van der Waals surface area contributed by atoms with Crippen LogP contribution in [-0.4, -0.2) is 16.5 Å². The Morgan fingerprint density at radius 3 is 2.59 bits per heavy atom. The first-order valence-corrected chi connectivity index (χ1v) is 5.70. The minimum atomic E-state index is 0.451. The van der Waals surface area contributed by atoms with Gasteiger partial charge in [-0.15, -0.1) is 0 Å². The Hall–Kier alpha value is -2.10. The van der Waals surface area contributed by atoms with Crippen LogP contribution in [0.5, 0.6) is 0 Å². The van der Waals surface area contributed by atoms with E-state index in [9.17, 15) is 0 Å². The lowest BCUT2D eigenvalue weighted by Gasteiger charge is -2.06. The molecule has 2 rings (SSSR count). The van der Waals surface area contributed by atoms with Crippen LogP contribution >= 0.6 is 0 Å². The number of rotatable bonds is 5. The Morgan fingerprint density at radius 1 is 1.06 bits per heavy atom. The molecule has 0 bridgehead atoms. The van der Waals surface area contributed by atoms with Crippen LogP contribution in [0.4, 0.5) is 11.6 Å². The van der Waals surface area contributed by atoms with Gasteiger partial charge < -0.3 is 11.1 Å². The summed E-state index contributed by atoms with van der Waals surface area (Å²) in [5.41, 5.74) is 7.03. The van der Waals surface area contributed by atoms with Gasteiger partial charge in [0, 0.05) is 18.9 Å². The summed E-state index contributed by atoms with van der Waals surface area (Å²) in [6.07, 6.45) is 5.31. The van der Waals surface area contributed by atoms with E-state index in [2.05, 4.69) is 39.6 Å². The fourth-order valence-electron chi connectivity index (χ4n) is 1.63. The molecule has 88 valence electrons. The van der Waals surface area contributed by atoms with Crippen LogP contribution in [0, 0.1) is 0 Å². The summed E-state index contributed by atoms with van der Waals surface area (Å²) in [7, 11) is 0. The number of anilines is 2. The Bertz CT molecular complexity index is 456. The maximum atomic E-state index is 5.68. The second-order valence-corrected chi connectivity index (χ2v) is 3.81. The third-order valence-corrected chi connectivity index (χ3v) is 2.50. The second-order valence-electron chi connectivity index (χ2n) is 3.81. The molecule has 1 heterocycles. The lowest BCUT2D eigenvalue weighted by atomic mass is 10.1. The van der Waals surface area contributed by atoms with Gasteiger partial charge in [-0.25, -0.2) is 9.97 Å². The van der Waals surface area contributed by atoms with E-state index < -0.39 is 0 Å². The van der Waals surface area contributed by atoms with Crippen LogP contribution in [-0.2, 0) is 6.42 Å². The number of aryl methyl sites for hydroxylation is 1. The monoisotopic (exact) mass is 228 g/mol. The van der Waals surface area contributed by atoms with Crippen LogP contribution in [0.3, 0.4) is 0 Å². The molecule has 0 saturated carbocycles. The van der Waals surface area contributed by atoms with E-state index >= 15 is 0 Å². The molecule has 4 heteroatoms. The molecule has 3 N–H and O–H groups in total. The van der Waals surface area contributed by atoms with E-state index in [1.807, 2.05) is 6.07 Å². The number of hydrogen-bond acceptors (Lipinski definition) is 4. The molecule has 0 radical (unpaired) electrons. The predicted octanol–water partition coefficient (Wildman–Crippen LogP) is 2.10. The number of nitrogens with zero attached hydrogens (tertiary/aromatic N) is 2. The Morgan fingerprint density at radius 2 is 1.82 bits per heavy atom. The van der Waals surface area contributed by atoms with Gasteiger partial charge in [-0.2, -0.15) is 0 Å². The highest BCUT2D eigenvalue weighted by Gasteiger charge is 1.99. The minimum Gasteiger partial charge on any atom is -0.381 e. The molecule has 2 aromatic rings. The average molecular weight is 228 g/mol. The zero-order chi connectivity index (χ0) is 11.9. The molecule has 1 aromatic heterocycles. The Labute approximate surface area is 101 Å². The molecular formula is C13H16N4. The molecule has 0 unspecified atom stereocenters. The lowest BCUT2D eigenvalue weighted by molar-refractivity contribution is 0.858. The van der Waals surface area contributed by atoms with Gasteiger partial charge in [0.25, 0.3) is 0 Å². The number of aromatic nitrogens is 2. The highest BCUT2D eigenvalue weighted by atomic mass is 15.0. The quantitative estimate of drug-likeness (QED) is 0.769. The van der Waals surface area contributed by atoms with Gasteiger partial charge >= 0.3 is 0 Å². The topological polar surface area (TPSA) is 63.8 Å². The first-order valence-electron chi connectivity index (χ1n) is 5.70. The molecule has 4 nitrogen and oxygen atoms in total. The third-order valence-electron chi connectivity index (χ3n) is 2.50. The molecule has 0 atom stereocenters. The SMILES string of the molecule is Nc1nccnc1NCCCc1ccccc1. The summed E-state index contributed by atoms with van der Waals surface area (Å²) in [5, 5.41) is 3.18. The summed E-state index contributed by atoms with van der Waals surface area (Å²) in [5.74, 6) is 1.12. The van der Waals surface area contributed by atoms with Crippen LogP contribution < -0.4 is 11.1 Å². The van der Waals surface area contributed by atoms with Crippen molar-refractivity contribution in [3.63, 3.8) is 0 Å². The number of hydrogen-bond donors (Lipinski definition) is 2. The van der Waals surface area contributed by atoms with Crippen LogP contribution in [0.1, 0.15) is 12.0 Å². The summed E-state index contributed by atoms with van der Waals surface area (Å²) in [4.78, 5) is 8.09. The number of nitrogen functional groups attached to an aromatic ring is 1. The number of nitrogens with two attached hydrogens (primary N) is 1. The van der Waals surface area contributed by atoms with Crippen molar-refractivity contribution in [3.8, 4) is 0 Å². The second kappa shape index (κ2) is 5.84. The summed E-state index contributed by atoms with van der Waals surface area (Å²) in [6, 6.07) is 10.4. The summed E-state index contributed by atoms with van der Waals surface area (Å²) >= 11 is 0. The Balaban J connectivity index is 1.76. The van der Waals surface area contributed by atoms with Crippen molar-refractivity contribution < 1.29 is 0 Å².